The van der Waals surface area contributed by atoms with Crippen molar-refractivity contribution in [2.45, 2.75) is 46.6 Å². The highest BCUT2D eigenvalue weighted by Gasteiger charge is 2.08. The average molecular weight is 249 g/mol. The summed E-state index contributed by atoms with van der Waals surface area (Å²) in [4.78, 5) is 0. The van der Waals surface area contributed by atoms with Gasteiger partial charge in [0.05, 0.1) is 0 Å². The number of hydrogen-bond acceptors (Lipinski definition) is 1. The second-order valence-electron chi connectivity index (χ2n) is 5.77. The van der Waals surface area contributed by atoms with E-state index in [1.54, 1.807) is 6.92 Å². The SMILES string of the molecule is CCC(=Cc1ccc(F)c(C)c1)CNC(C)(C)C. The minimum Gasteiger partial charge on any atom is -0.308 e. The van der Waals surface area contributed by atoms with Crippen molar-refractivity contribution in [2.75, 3.05) is 6.54 Å². The lowest BCUT2D eigenvalue weighted by Gasteiger charge is -2.21. The molecule has 1 aromatic rings. The largest absolute Gasteiger partial charge is 0.308 e. The van der Waals surface area contributed by atoms with Crippen LogP contribution in [0.15, 0.2) is 23.8 Å². The van der Waals surface area contributed by atoms with Crippen molar-refractivity contribution in [3.63, 3.8) is 0 Å². The zero-order valence-corrected chi connectivity index (χ0v) is 12.1. The molecule has 0 spiro atoms. The molecule has 0 atom stereocenters. The molecule has 0 fully saturated rings. The van der Waals surface area contributed by atoms with E-state index in [-0.39, 0.29) is 11.4 Å². The van der Waals surface area contributed by atoms with Crippen LogP contribution in [0.5, 0.6) is 0 Å². The molecule has 1 rings (SSSR count). The lowest BCUT2D eigenvalue weighted by molar-refractivity contribution is 0.443. The molecule has 0 aliphatic rings. The summed E-state index contributed by atoms with van der Waals surface area (Å²) in [6.45, 7) is 11.3. The molecule has 0 saturated heterocycles. The van der Waals surface area contributed by atoms with E-state index in [1.165, 1.54) is 11.6 Å². The Morgan fingerprint density at radius 2 is 2.00 bits per heavy atom. The van der Waals surface area contributed by atoms with Gasteiger partial charge in [0.15, 0.2) is 0 Å². The fourth-order valence-electron chi connectivity index (χ4n) is 1.65. The van der Waals surface area contributed by atoms with Gasteiger partial charge in [-0.2, -0.15) is 0 Å². The maximum absolute atomic E-state index is 13.2. The lowest BCUT2D eigenvalue weighted by atomic mass is 10.0. The summed E-state index contributed by atoms with van der Waals surface area (Å²) in [6.07, 6.45) is 3.14. The van der Waals surface area contributed by atoms with Crippen LogP contribution in [0.2, 0.25) is 0 Å². The molecule has 0 saturated carbocycles. The van der Waals surface area contributed by atoms with E-state index in [4.69, 9.17) is 0 Å². The molecule has 0 radical (unpaired) electrons. The first-order chi connectivity index (χ1) is 8.31. The van der Waals surface area contributed by atoms with E-state index in [0.29, 0.717) is 5.56 Å². The summed E-state index contributed by atoms with van der Waals surface area (Å²) in [5, 5.41) is 3.48. The first-order valence-corrected chi connectivity index (χ1v) is 6.52. The van der Waals surface area contributed by atoms with Gasteiger partial charge in [-0.25, -0.2) is 4.39 Å². The van der Waals surface area contributed by atoms with Crippen LogP contribution < -0.4 is 5.32 Å². The summed E-state index contributed by atoms with van der Waals surface area (Å²) in [6, 6.07) is 5.25. The van der Waals surface area contributed by atoms with Crippen LogP contribution in [0, 0.1) is 12.7 Å². The highest BCUT2D eigenvalue weighted by Crippen LogP contribution is 2.14. The Kier molecular flexibility index (Phi) is 5.09. The zero-order valence-electron chi connectivity index (χ0n) is 12.1. The van der Waals surface area contributed by atoms with Crippen LogP contribution in [0.3, 0.4) is 0 Å². The van der Waals surface area contributed by atoms with Crippen LogP contribution >= 0.6 is 0 Å². The molecular formula is C16H24FN. The molecule has 0 aliphatic heterocycles. The number of rotatable bonds is 4. The Hall–Kier alpha value is -1.15. The maximum Gasteiger partial charge on any atom is 0.126 e. The monoisotopic (exact) mass is 249 g/mol. The molecule has 2 heteroatoms. The van der Waals surface area contributed by atoms with Crippen molar-refractivity contribution in [3.8, 4) is 0 Å². The number of halogens is 1. The lowest BCUT2D eigenvalue weighted by Crippen LogP contribution is -2.36. The van der Waals surface area contributed by atoms with Gasteiger partial charge < -0.3 is 5.32 Å². The van der Waals surface area contributed by atoms with Crippen molar-refractivity contribution in [3.05, 3.63) is 40.7 Å². The summed E-state index contributed by atoms with van der Waals surface area (Å²) in [5.41, 5.74) is 3.22. The minimum atomic E-state index is -0.141. The molecule has 100 valence electrons. The van der Waals surface area contributed by atoms with Crippen molar-refractivity contribution in [1.29, 1.82) is 0 Å². The van der Waals surface area contributed by atoms with Crippen molar-refractivity contribution >= 4 is 6.08 Å². The number of nitrogens with one attached hydrogen (secondary N) is 1. The van der Waals surface area contributed by atoms with Crippen LogP contribution in [0.4, 0.5) is 4.39 Å². The predicted octanol–water partition coefficient (Wildman–Crippen LogP) is 4.32. The highest BCUT2D eigenvalue weighted by atomic mass is 19.1. The molecule has 0 heterocycles. The van der Waals surface area contributed by atoms with Crippen LogP contribution in [0.25, 0.3) is 6.08 Å². The normalized spacial score (nSPS) is 12.9. The van der Waals surface area contributed by atoms with Gasteiger partial charge in [0, 0.05) is 12.1 Å². The van der Waals surface area contributed by atoms with Crippen molar-refractivity contribution in [1.82, 2.24) is 5.32 Å². The number of hydrogen-bond donors (Lipinski definition) is 1. The van der Waals surface area contributed by atoms with Gasteiger partial charge in [-0.15, -0.1) is 0 Å². The number of aryl methyl sites for hydroxylation is 1. The van der Waals surface area contributed by atoms with Crippen LogP contribution in [-0.2, 0) is 0 Å². The summed E-state index contributed by atoms with van der Waals surface area (Å²) in [5.74, 6) is -0.141. The quantitative estimate of drug-likeness (QED) is 0.838. The molecule has 1 aromatic carbocycles. The standard InChI is InChI=1S/C16H24FN/c1-6-13(11-18-16(3,4)5)10-14-7-8-15(17)12(2)9-14/h7-10,18H,6,11H2,1-5H3. The number of benzene rings is 1. The van der Waals surface area contributed by atoms with E-state index >= 15 is 0 Å². The first-order valence-electron chi connectivity index (χ1n) is 6.52. The molecule has 1 N–H and O–H groups in total. The van der Waals surface area contributed by atoms with Gasteiger partial charge in [0.25, 0.3) is 0 Å². The highest BCUT2D eigenvalue weighted by molar-refractivity contribution is 5.54. The van der Waals surface area contributed by atoms with Gasteiger partial charge in [-0.05, 0) is 57.4 Å². The molecule has 0 unspecified atom stereocenters. The van der Waals surface area contributed by atoms with E-state index in [1.807, 2.05) is 12.1 Å². The van der Waals surface area contributed by atoms with E-state index in [0.717, 1.165) is 18.5 Å². The Bertz CT molecular complexity index is 427. The van der Waals surface area contributed by atoms with E-state index in [9.17, 15) is 4.39 Å². The van der Waals surface area contributed by atoms with Crippen molar-refractivity contribution in [2.24, 2.45) is 0 Å². The second-order valence-corrected chi connectivity index (χ2v) is 5.77. The zero-order chi connectivity index (χ0) is 13.8. The van der Waals surface area contributed by atoms with Gasteiger partial charge in [-0.1, -0.05) is 24.6 Å². The Labute approximate surface area is 110 Å². The van der Waals surface area contributed by atoms with Gasteiger partial charge in [0.2, 0.25) is 0 Å². The first kappa shape index (κ1) is 14.9. The molecule has 0 aromatic heterocycles. The van der Waals surface area contributed by atoms with Gasteiger partial charge >= 0.3 is 0 Å². The Balaban J connectivity index is 2.80. The van der Waals surface area contributed by atoms with Crippen LogP contribution in [-0.4, -0.2) is 12.1 Å². The fourth-order valence-corrected chi connectivity index (χ4v) is 1.65. The fraction of sp³-hybridized carbons (Fsp3) is 0.500. The Morgan fingerprint density at radius 3 is 2.50 bits per heavy atom. The van der Waals surface area contributed by atoms with Crippen molar-refractivity contribution < 1.29 is 4.39 Å². The molecule has 18 heavy (non-hydrogen) atoms. The molecular weight excluding hydrogens is 225 g/mol. The Morgan fingerprint density at radius 1 is 1.33 bits per heavy atom. The third-order valence-corrected chi connectivity index (χ3v) is 2.85. The summed E-state index contributed by atoms with van der Waals surface area (Å²) >= 11 is 0. The average Bonchev–Trinajstić information content (AvgIpc) is 2.28. The van der Waals surface area contributed by atoms with E-state index in [2.05, 4.69) is 39.1 Å². The third kappa shape index (κ3) is 5.01. The third-order valence-electron chi connectivity index (χ3n) is 2.85. The van der Waals surface area contributed by atoms with Crippen LogP contribution in [0.1, 0.15) is 45.2 Å². The second kappa shape index (κ2) is 6.14. The molecule has 0 bridgehead atoms. The summed E-state index contributed by atoms with van der Waals surface area (Å²) < 4.78 is 13.2. The topological polar surface area (TPSA) is 12.0 Å². The summed E-state index contributed by atoms with van der Waals surface area (Å²) in [7, 11) is 0. The van der Waals surface area contributed by atoms with Gasteiger partial charge in [0.1, 0.15) is 5.82 Å². The maximum atomic E-state index is 13.2. The smallest absolute Gasteiger partial charge is 0.126 e. The molecule has 0 amide bonds. The molecule has 0 aliphatic carbocycles. The van der Waals surface area contributed by atoms with E-state index < -0.39 is 0 Å². The molecule has 1 nitrogen and oxygen atoms in total. The predicted molar refractivity (Wildman–Crippen MR) is 77.2 cm³/mol. The van der Waals surface area contributed by atoms with Gasteiger partial charge in [-0.3, -0.25) is 0 Å². The minimum absolute atomic E-state index is 0.118.